The predicted octanol–water partition coefficient (Wildman–Crippen LogP) is 1.91. The van der Waals surface area contributed by atoms with Gasteiger partial charge >= 0.3 is 0 Å². The zero-order chi connectivity index (χ0) is 13.2. The second kappa shape index (κ2) is 9.03. The van der Waals surface area contributed by atoms with Gasteiger partial charge in [0.25, 0.3) is 0 Å². The molecule has 0 aliphatic heterocycles. The van der Waals surface area contributed by atoms with Crippen LogP contribution in [0.25, 0.3) is 0 Å². The topological polar surface area (TPSA) is 54.4 Å². The van der Waals surface area contributed by atoms with E-state index in [4.69, 9.17) is 4.74 Å². The summed E-state index contributed by atoms with van der Waals surface area (Å²) in [4.78, 5) is 3.98. The molecular weight excluding hydrogens is 228 g/mol. The van der Waals surface area contributed by atoms with Crippen LogP contribution in [-0.2, 0) is 4.74 Å². The van der Waals surface area contributed by atoms with Gasteiger partial charge < -0.3 is 15.2 Å². The molecule has 2 unspecified atom stereocenters. The van der Waals surface area contributed by atoms with E-state index in [0.717, 1.165) is 19.4 Å². The van der Waals surface area contributed by atoms with Crippen molar-refractivity contribution in [3.63, 3.8) is 0 Å². The van der Waals surface area contributed by atoms with Gasteiger partial charge in [0.2, 0.25) is 0 Å². The molecule has 1 heterocycles. The molecule has 0 fully saturated rings. The number of nitrogens with zero attached hydrogens (tertiary/aromatic N) is 1. The summed E-state index contributed by atoms with van der Waals surface area (Å²) in [7, 11) is 0. The number of aliphatic hydroxyl groups is 1. The van der Waals surface area contributed by atoms with Gasteiger partial charge in [-0.1, -0.05) is 13.3 Å². The molecule has 0 aliphatic carbocycles. The van der Waals surface area contributed by atoms with E-state index in [9.17, 15) is 5.11 Å². The predicted molar refractivity (Wildman–Crippen MR) is 72.4 cm³/mol. The molecule has 0 saturated carbocycles. The molecular formula is C14H24N2O2. The lowest BCUT2D eigenvalue weighted by Crippen LogP contribution is -2.32. The molecule has 0 aliphatic rings. The Hall–Kier alpha value is -0.970. The summed E-state index contributed by atoms with van der Waals surface area (Å²) in [5.74, 6) is 0. The molecule has 4 heteroatoms. The highest BCUT2D eigenvalue weighted by molar-refractivity contribution is 5.13. The number of nitrogens with one attached hydrogen (secondary N) is 1. The molecule has 2 atom stereocenters. The number of hydrogen-bond donors (Lipinski definition) is 2. The fraction of sp³-hybridized carbons (Fsp3) is 0.643. The van der Waals surface area contributed by atoms with Crippen molar-refractivity contribution >= 4 is 0 Å². The maximum absolute atomic E-state index is 9.74. The first-order valence-electron chi connectivity index (χ1n) is 6.63. The lowest BCUT2D eigenvalue weighted by Gasteiger charge is -2.17. The normalized spacial score (nSPS) is 14.4. The van der Waals surface area contributed by atoms with Crippen LogP contribution in [0.1, 0.15) is 38.3 Å². The zero-order valence-electron chi connectivity index (χ0n) is 11.3. The van der Waals surface area contributed by atoms with E-state index in [2.05, 4.69) is 24.1 Å². The Labute approximate surface area is 109 Å². The smallest absolute Gasteiger partial charge is 0.0897 e. The Morgan fingerprint density at radius 3 is 2.78 bits per heavy atom. The summed E-state index contributed by atoms with van der Waals surface area (Å²) in [6.07, 6.45) is 5.27. The van der Waals surface area contributed by atoms with Gasteiger partial charge in [-0.25, -0.2) is 0 Å². The molecule has 0 bridgehead atoms. The highest BCUT2D eigenvalue weighted by Gasteiger charge is 2.08. The second-order valence-corrected chi connectivity index (χ2v) is 4.49. The van der Waals surface area contributed by atoms with E-state index in [1.165, 1.54) is 5.56 Å². The highest BCUT2D eigenvalue weighted by Crippen LogP contribution is 2.09. The first-order valence-corrected chi connectivity index (χ1v) is 6.63. The molecule has 1 rings (SSSR count). The molecule has 4 nitrogen and oxygen atoms in total. The van der Waals surface area contributed by atoms with Crippen LogP contribution >= 0.6 is 0 Å². The van der Waals surface area contributed by atoms with Crippen LogP contribution in [0, 0.1) is 0 Å². The summed E-state index contributed by atoms with van der Waals surface area (Å²) < 4.78 is 5.37. The van der Waals surface area contributed by atoms with E-state index in [-0.39, 0.29) is 6.04 Å². The van der Waals surface area contributed by atoms with Gasteiger partial charge in [-0.2, -0.15) is 0 Å². The quantitative estimate of drug-likeness (QED) is 0.659. The largest absolute Gasteiger partial charge is 0.389 e. The molecule has 0 spiro atoms. The molecule has 0 amide bonds. The van der Waals surface area contributed by atoms with E-state index in [1.54, 1.807) is 12.4 Å². The first-order chi connectivity index (χ1) is 8.74. The van der Waals surface area contributed by atoms with Gasteiger partial charge in [0.15, 0.2) is 0 Å². The fourth-order valence-electron chi connectivity index (χ4n) is 1.61. The van der Waals surface area contributed by atoms with Crippen molar-refractivity contribution in [1.29, 1.82) is 0 Å². The molecule has 18 heavy (non-hydrogen) atoms. The third kappa shape index (κ3) is 6.10. The minimum absolute atomic E-state index is 0.207. The van der Waals surface area contributed by atoms with Crippen LogP contribution in [0.15, 0.2) is 24.5 Å². The number of pyridine rings is 1. The van der Waals surface area contributed by atoms with Gasteiger partial charge in [-0.05, 0) is 31.0 Å². The summed E-state index contributed by atoms with van der Waals surface area (Å²) in [5, 5.41) is 13.0. The Kier molecular flexibility index (Phi) is 7.57. The molecule has 2 N–H and O–H groups in total. The van der Waals surface area contributed by atoms with Crippen LogP contribution in [0.4, 0.5) is 0 Å². The van der Waals surface area contributed by atoms with Crippen LogP contribution in [0.2, 0.25) is 0 Å². The van der Waals surface area contributed by atoms with Crippen molar-refractivity contribution in [3.8, 4) is 0 Å². The SMILES string of the molecule is CCCCOCC(O)CNC(C)c1ccncc1. The molecule has 0 radical (unpaired) electrons. The van der Waals surface area contributed by atoms with Gasteiger partial charge in [0.05, 0.1) is 12.7 Å². The van der Waals surface area contributed by atoms with Crippen LogP contribution in [0.5, 0.6) is 0 Å². The fourth-order valence-corrected chi connectivity index (χ4v) is 1.61. The van der Waals surface area contributed by atoms with Crippen molar-refractivity contribution in [2.24, 2.45) is 0 Å². The Bertz CT molecular complexity index is 306. The van der Waals surface area contributed by atoms with E-state index >= 15 is 0 Å². The standard InChI is InChI=1S/C14H24N2O2/c1-3-4-9-18-11-14(17)10-16-12(2)13-5-7-15-8-6-13/h5-8,12,14,16-17H,3-4,9-11H2,1-2H3. The van der Waals surface area contributed by atoms with Crippen LogP contribution < -0.4 is 5.32 Å². The molecule has 1 aromatic heterocycles. The summed E-state index contributed by atoms with van der Waals surface area (Å²) >= 11 is 0. The van der Waals surface area contributed by atoms with Gasteiger partial charge in [0, 0.05) is 31.6 Å². The lowest BCUT2D eigenvalue weighted by molar-refractivity contribution is 0.0348. The number of aromatic nitrogens is 1. The van der Waals surface area contributed by atoms with Crippen molar-refractivity contribution in [2.75, 3.05) is 19.8 Å². The van der Waals surface area contributed by atoms with Crippen molar-refractivity contribution in [3.05, 3.63) is 30.1 Å². The highest BCUT2D eigenvalue weighted by atomic mass is 16.5. The average Bonchev–Trinajstić information content (AvgIpc) is 2.42. The Morgan fingerprint density at radius 2 is 2.11 bits per heavy atom. The molecule has 102 valence electrons. The van der Waals surface area contributed by atoms with Crippen molar-refractivity contribution < 1.29 is 9.84 Å². The maximum atomic E-state index is 9.74. The van der Waals surface area contributed by atoms with E-state index in [1.807, 2.05) is 12.1 Å². The third-order valence-electron chi connectivity index (χ3n) is 2.82. The summed E-state index contributed by atoms with van der Waals surface area (Å²) in [6.45, 7) is 5.86. The summed E-state index contributed by atoms with van der Waals surface area (Å²) in [5.41, 5.74) is 1.17. The third-order valence-corrected chi connectivity index (χ3v) is 2.82. The minimum Gasteiger partial charge on any atom is -0.389 e. The Morgan fingerprint density at radius 1 is 1.39 bits per heavy atom. The molecule has 0 aromatic carbocycles. The molecule has 1 aromatic rings. The number of ether oxygens (including phenoxy) is 1. The van der Waals surface area contributed by atoms with Gasteiger partial charge in [-0.3, -0.25) is 4.98 Å². The number of aliphatic hydroxyl groups excluding tert-OH is 1. The Balaban J connectivity index is 2.16. The number of unbranched alkanes of at least 4 members (excludes halogenated alkanes) is 1. The first kappa shape index (κ1) is 15.1. The maximum Gasteiger partial charge on any atom is 0.0897 e. The second-order valence-electron chi connectivity index (χ2n) is 4.49. The van der Waals surface area contributed by atoms with E-state index < -0.39 is 6.10 Å². The van der Waals surface area contributed by atoms with Crippen LogP contribution in [-0.4, -0.2) is 36.0 Å². The number of rotatable bonds is 9. The van der Waals surface area contributed by atoms with E-state index in [0.29, 0.717) is 13.2 Å². The number of hydrogen-bond acceptors (Lipinski definition) is 4. The lowest BCUT2D eigenvalue weighted by atomic mass is 10.1. The van der Waals surface area contributed by atoms with Gasteiger partial charge in [0.1, 0.15) is 0 Å². The van der Waals surface area contributed by atoms with Crippen molar-refractivity contribution in [2.45, 2.75) is 38.8 Å². The summed E-state index contributed by atoms with van der Waals surface area (Å²) in [6, 6.07) is 4.15. The molecule has 0 saturated heterocycles. The van der Waals surface area contributed by atoms with Crippen molar-refractivity contribution in [1.82, 2.24) is 10.3 Å². The minimum atomic E-state index is -0.453. The monoisotopic (exact) mass is 252 g/mol. The zero-order valence-corrected chi connectivity index (χ0v) is 11.3. The van der Waals surface area contributed by atoms with Crippen LogP contribution in [0.3, 0.4) is 0 Å². The average molecular weight is 252 g/mol. The van der Waals surface area contributed by atoms with Gasteiger partial charge in [-0.15, -0.1) is 0 Å².